The van der Waals surface area contributed by atoms with Gasteiger partial charge in [-0.05, 0) is 19.3 Å². The molecular weight excluding hydrogens is 182 g/mol. The van der Waals surface area contributed by atoms with Gasteiger partial charge in [-0.15, -0.1) is 0 Å². The van der Waals surface area contributed by atoms with Crippen LogP contribution in [0.5, 0.6) is 0 Å². The minimum Gasteiger partial charge on any atom is -0.386 e. The van der Waals surface area contributed by atoms with E-state index in [2.05, 4.69) is 0 Å². The fourth-order valence-corrected chi connectivity index (χ4v) is 2.02. The van der Waals surface area contributed by atoms with E-state index in [0.717, 1.165) is 12.8 Å². The van der Waals surface area contributed by atoms with E-state index in [1.165, 1.54) is 0 Å². The minimum absolute atomic E-state index is 0.0561. The standard InChI is InChI=1S/C10H17NO3/c1-2-10(13)6-11(7-10)9(12)8-4-3-5-14-8/h8,13H,2-7H2,1H3/t8-/m0/s1. The number of ether oxygens (including phenoxy) is 1. The Morgan fingerprint density at radius 3 is 2.86 bits per heavy atom. The number of hydrogen-bond acceptors (Lipinski definition) is 3. The molecule has 2 aliphatic rings. The normalized spacial score (nSPS) is 30.1. The lowest BCUT2D eigenvalue weighted by molar-refractivity contribution is -0.164. The molecule has 0 bridgehead atoms. The molecule has 0 aliphatic carbocycles. The lowest BCUT2D eigenvalue weighted by atomic mass is 9.91. The molecule has 2 aliphatic heterocycles. The molecule has 0 radical (unpaired) electrons. The molecule has 2 heterocycles. The van der Waals surface area contributed by atoms with Crippen molar-refractivity contribution in [2.45, 2.75) is 37.9 Å². The van der Waals surface area contributed by atoms with E-state index in [1.807, 2.05) is 6.92 Å². The Balaban J connectivity index is 1.84. The number of carbonyl (C=O) groups excluding carboxylic acids is 1. The van der Waals surface area contributed by atoms with Gasteiger partial charge in [-0.1, -0.05) is 6.92 Å². The van der Waals surface area contributed by atoms with Crippen LogP contribution in [0.15, 0.2) is 0 Å². The summed E-state index contributed by atoms with van der Waals surface area (Å²) in [4.78, 5) is 13.4. The summed E-state index contributed by atoms with van der Waals surface area (Å²) in [6.45, 7) is 3.58. The fraction of sp³-hybridized carbons (Fsp3) is 0.900. The number of amides is 1. The van der Waals surface area contributed by atoms with E-state index in [9.17, 15) is 9.90 Å². The molecule has 4 nitrogen and oxygen atoms in total. The zero-order valence-corrected chi connectivity index (χ0v) is 8.53. The van der Waals surface area contributed by atoms with Crippen molar-refractivity contribution in [2.24, 2.45) is 0 Å². The van der Waals surface area contributed by atoms with Gasteiger partial charge in [-0.25, -0.2) is 0 Å². The third-order valence-electron chi connectivity index (χ3n) is 3.15. The van der Waals surface area contributed by atoms with Gasteiger partial charge in [0.2, 0.25) is 0 Å². The third-order valence-corrected chi connectivity index (χ3v) is 3.15. The highest BCUT2D eigenvalue weighted by Crippen LogP contribution is 2.26. The van der Waals surface area contributed by atoms with Crippen molar-refractivity contribution in [1.29, 1.82) is 0 Å². The molecule has 1 atom stereocenters. The summed E-state index contributed by atoms with van der Waals surface area (Å²) < 4.78 is 5.30. The molecular formula is C10H17NO3. The molecule has 2 rings (SSSR count). The summed E-state index contributed by atoms with van der Waals surface area (Å²) in [5.74, 6) is 0.0561. The second-order valence-electron chi connectivity index (χ2n) is 4.27. The van der Waals surface area contributed by atoms with Crippen LogP contribution in [0.1, 0.15) is 26.2 Å². The van der Waals surface area contributed by atoms with Crippen LogP contribution in [0.25, 0.3) is 0 Å². The Hall–Kier alpha value is -0.610. The summed E-state index contributed by atoms with van der Waals surface area (Å²) in [7, 11) is 0. The van der Waals surface area contributed by atoms with Crippen LogP contribution in [0.3, 0.4) is 0 Å². The monoisotopic (exact) mass is 199 g/mol. The molecule has 2 saturated heterocycles. The number of β-amino-alcohol motifs (C(OH)–C–C–N with tert-alkyl or cyclic N) is 1. The van der Waals surface area contributed by atoms with Crippen LogP contribution in [0.4, 0.5) is 0 Å². The maximum atomic E-state index is 11.7. The van der Waals surface area contributed by atoms with Crippen molar-refractivity contribution in [3.8, 4) is 0 Å². The Bertz CT molecular complexity index is 230. The molecule has 0 aromatic rings. The lowest BCUT2D eigenvalue weighted by Crippen LogP contribution is -2.64. The van der Waals surface area contributed by atoms with E-state index in [-0.39, 0.29) is 12.0 Å². The number of likely N-dealkylation sites (tertiary alicyclic amines) is 1. The first kappa shape index (κ1) is 9.93. The zero-order valence-electron chi connectivity index (χ0n) is 8.53. The third kappa shape index (κ3) is 1.64. The molecule has 0 aromatic carbocycles. The molecule has 0 unspecified atom stereocenters. The molecule has 2 fully saturated rings. The maximum Gasteiger partial charge on any atom is 0.251 e. The Labute approximate surface area is 83.8 Å². The van der Waals surface area contributed by atoms with Gasteiger partial charge >= 0.3 is 0 Å². The van der Waals surface area contributed by atoms with E-state index >= 15 is 0 Å². The Morgan fingerprint density at radius 1 is 1.64 bits per heavy atom. The fourth-order valence-electron chi connectivity index (χ4n) is 2.02. The summed E-state index contributed by atoms with van der Waals surface area (Å²) in [5.41, 5.74) is -0.631. The molecule has 80 valence electrons. The topological polar surface area (TPSA) is 49.8 Å². The zero-order chi connectivity index (χ0) is 10.2. The van der Waals surface area contributed by atoms with Crippen LogP contribution >= 0.6 is 0 Å². The molecule has 0 aromatic heterocycles. The van der Waals surface area contributed by atoms with Crippen LogP contribution < -0.4 is 0 Å². The van der Waals surface area contributed by atoms with Crippen LogP contribution in [0.2, 0.25) is 0 Å². The first-order valence-electron chi connectivity index (χ1n) is 5.27. The van der Waals surface area contributed by atoms with Crippen molar-refractivity contribution < 1.29 is 14.6 Å². The van der Waals surface area contributed by atoms with Gasteiger partial charge in [-0.3, -0.25) is 4.79 Å². The van der Waals surface area contributed by atoms with Gasteiger partial charge in [0.25, 0.3) is 5.91 Å². The molecule has 1 N–H and O–H groups in total. The number of aliphatic hydroxyl groups is 1. The number of rotatable bonds is 2. The summed E-state index contributed by atoms with van der Waals surface area (Å²) >= 11 is 0. The van der Waals surface area contributed by atoms with E-state index < -0.39 is 5.60 Å². The summed E-state index contributed by atoms with van der Waals surface area (Å²) in [6.07, 6.45) is 2.28. The van der Waals surface area contributed by atoms with Gasteiger partial charge in [0.1, 0.15) is 6.10 Å². The van der Waals surface area contributed by atoms with Gasteiger partial charge in [0.15, 0.2) is 0 Å². The maximum absolute atomic E-state index is 11.7. The highest BCUT2D eigenvalue weighted by Gasteiger charge is 2.44. The minimum atomic E-state index is -0.631. The number of carbonyl (C=O) groups is 1. The van der Waals surface area contributed by atoms with Crippen molar-refractivity contribution in [3.05, 3.63) is 0 Å². The van der Waals surface area contributed by atoms with Crippen molar-refractivity contribution in [2.75, 3.05) is 19.7 Å². The van der Waals surface area contributed by atoms with Gasteiger partial charge < -0.3 is 14.7 Å². The molecule has 1 amide bonds. The molecule has 0 saturated carbocycles. The van der Waals surface area contributed by atoms with Crippen LogP contribution in [-0.4, -0.2) is 47.3 Å². The van der Waals surface area contributed by atoms with Crippen LogP contribution in [0, 0.1) is 0 Å². The van der Waals surface area contributed by atoms with E-state index in [0.29, 0.717) is 26.1 Å². The van der Waals surface area contributed by atoms with Crippen molar-refractivity contribution in [1.82, 2.24) is 4.90 Å². The highest BCUT2D eigenvalue weighted by molar-refractivity contribution is 5.82. The Morgan fingerprint density at radius 2 is 2.36 bits per heavy atom. The van der Waals surface area contributed by atoms with Gasteiger partial charge in [0.05, 0.1) is 18.7 Å². The first-order chi connectivity index (χ1) is 6.64. The van der Waals surface area contributed by atoms with Crippen molar-refractivity contribution >= 4 is 5.91 Å². The second-order valence-corrected chi connectivity index (χ2v) is 4.27. The van der Waals surface area contributed by atoms with Crippen LogP contribution in [-0.2, 0) is 9.53 Å². The Kier molecular flexibility index (Phi) is 2.49. The first-order valence-corrected chi connectivity index (χ1v) is 5.27. The SMILES string of the molecule is CCC1(O)CN(C(=O)[C@@H]2CCCO2)C1. The number of nitrogens with zero attached hydrogens (tertiary/aromatic N) is 1. The highest BCUT2D eigenvalue weighted by atomic mass is 16.5. The second kappa shape index (κ2) is 3.51. The average Bonchev–Trinajstić information content (AvgIpc) is 2.64. The van der Waals surface area contributed by atoms with Gasteiger partial charge in [-0.2, -0.15) is 0 Å². The lowest BCUT2D eigenvalue weighted by Gasteiger charge is -2.46. The average molecular weight is 199 g/mol. The van der Waals surface area contributed by atoms with Crippen molar-refractivity contribution in [3.63, 3.8) is 0 Å². The van der Waals surface area contributed by atoms with E-state index in [4.69, 9.17) is 4.74 Å². The smallest absolute Gasteiger partial charge is 0.251 e. The predicted molar refractivity (Wildman–Crippen MR) is 50.8 cm³/mol. The summed E-state index contributed by atoms with van der Waals surface area (Å²) in [5, 5.41) is 9.75. The molecule has 4 heteroatoms. The van der Waals surface area contributed by atoms with E-state index in [1.54, 1.807) is 4.90 Å². The van der Waals surface area contributed by atoms with Gasteiger partial charge in [0, 0.05) is 6.61 Å². The largest absolute Gasteiger partial charge is 0.386 e. The number of hydrogen-bond donors (Lipinski definition) is 1. The predicted octanol–water partition coefficient (Wildman–Crippen LogP) is 0.149. The molecule has 0 spiro atoms. The summed E-state index contributed by atoms with van der Waals surface area (Å²) in [6, 6.07) is 0. The quantitative estimate of drug-likeness (QED) is 0.688. The molecule has 14 heavy (non-hydrogen) atoms.